The molecule has 8 heteroatoms. The normalized spacial score (nSPS) is 18.8. The first-order valence-corrected chi connectivity index (χ1v) is 11.6. The average molecular weight is 461 g/mol. The SMILES string of the molecule is CC12CCC(=O)N1c1ccccc1C(=O)N2CCCC(=O)Nc1cccc(OCCCC#N)c1. The van der Waals surface area contributed by atoms with Gasteiger partial charge < -0.3 is 15.0 Å². The van der Waals surface area contributed by atoms with E-state index in [9.17, 15) is 14.4 Å². The molecule has 1 fully saturated rings. The van der Waals surface area contributed by atoms with Gasteiger partial charge in [0.25, 0.3) is 5.91 Å². The van der Waals surface area contributed by atoms with Crippen LogP contribution in [0.25, 0.3) is 0 Å². The summed E-state index contributed by atoms with van der Waals surface area (Å²) >= 11 is 0. The topological polar surface area (TPSA) is 103 Å². The lowest BCUT2D eigenvalue weighted by atomic mass is 9.98. The molecule has 1 unspecified atom stereocenters. The van der Waals surface area contributed by atoms with E-state index >= 15 is 0 Å². The number of nitriles is 1. The predicted octanol–water partition coefficient (Wildman–Crippen LogP) is 4.09. The van der Waals surface area contributed by atoms with Crippen LogP contribution in [0.15, 0.2) is 48.5 Å². The zero-order valence-electron chi connectivity index (χ0n) is 19.3. The Morgan fingerprint density at radius 1 is 1.18 bits per heavy atom. The lowest BCUT2D eigenvalue weighted by Gasteiger charge is -2.48. The number of carbonyl (C=O) groups excluding carboxylic acids is 3. The zero-order valence-corrected chi connectivity index (χ0v) is 19.3. The molecule has 4 rings (SSSR count). The highest BCUT2D eigenvalue weighted by Crippen LogP contribution is 2.44. The summed E-state index contributed by atoms with van der Waals surface area (Å²) in [5, 5.41) is 11.5. The van der Waals surface area contributed by atoms with Gasteiger partial charge in [-0.05, 0) is 50.5 Å². The van der Waals surface area contributed by atoms with Gasteiger partial charge in [-0.2, -0.15) is 5.26 Å². The van der Waals surface area contributed by atoms with E-state index in [2.05, 4.69) is 11.4 Å². The molecular formula is C26H28N4O4. The molecule has 2 aliphatic rings. The maximum atomic E-state index is 13.3. The highest BCUT2D eigenvalue weighted by atomic mass is 16.5. The number of carbonyl (C=O) groups is 3. The number of amides is 3. The third kappa shape index (κ3) is 4.60. The van der Waals surface area contributed by atoms with Gasteiger partial charge in [0, 0.05) is 37.6 Å². The van der Waals surface area contributed by atoms with Gasteiger partial charge in [-0.3, -0.25) is 19.3 Å². The van der Waals surface area contributed by atoms with Crippen molar-refractivity contribution in [3.05, 3.63) is 54.1 Å². The van der Waals surface area contributed by atoms with E-state index in [-0.39, 0.29) is 24.1 Å². The summed E-state index contributed by atoms with van der Waals surface area (Å²) in [5.74, 6) is 0.383. The van der Waals surface area contributed by atoms with E-state index < -0.39 is 5.66 Å². The second kappa shape index (κ2) is 9.96. The summed E-state index contributed by atoms with van der Waals surface area (Å²) in [4.78, 5) is 41.9. The second-order valence-electron chi connectivity index (χ2n) is 8.71. The molecule has 34 heavy (non-hydrogen) atoms. The first-order chi connectivity index (χ1) is 16.4. The van der Waals surface area contributed by atoms with Crippen molar-refractivity contribution in [2.75, 3.05) is 23.4 Å². The van der Waals surface area contributed by atoms with Crippen molar-refractivity contribution in [1.29, 1.82) is 5.26 Å². The van der Waals surface area contributed by atoms with Crippen molar-refractivity contribution >= 4 is 29.1 Å². The van der Waals surface area contributed by atoms with E-state index in [1.807, 2.05) is 19.1 Å². The largest absolute Gasteiger partial charge is 0.493 e. The van der Waals surface area contributed by atoms with Gasteiger partial charge in [-0.15, -0.1) is 0 Å². The van der Waals surface area contributed by atoms with E-state index in [4.69, 9.17) is 10.00 Å². The molecule has 0 aromatic heterocycles. The van der Waals surface area contributed by atoms with E-state index in [1.165, 1.54) is 0 Å². The molecular weight excluding hydrogens is 432 g/mol. The lowest BCUT2D eigenvalue weighted by molar-refractivity contribution is -0.118. The van der Waals surface area contributed by atoms with Gasteiger partial charge >= 0.3 is 0 Å². The van der Waals surface area contributed by atoms with Crippen LogP contribution in [-0.4, -0.2) is 41.4 Å². The summed E-state index contributed by atoms with van der Waals surface area (Å²) in [6.07, 6.45) is 2.76. The monoisotopic (exact) mass is 460 g/mol. The van der Waals surface area contributed by atoms with Crippen molar-refractivity contribution in [2.45, 2.75) is 51.1 Å². The number of para-hydroxylation sites is 1. The van der Waals surface area contributed by atoms with Crippen LogP contribution in [0.3, 0.4) is 0 Å². The van der Waals surface area contributed by atoms with Gasteiger partial charge in [0.15, 0.2) is 0 Å². The Labute approximate surface area is 199 Å². The number of hydrogen-bond donors (Lipinski definition) is 1. The maximum absolute atomic E-state index is 13.3. The molecule has 176 valence electrons. The first-order valence-electron chi connectivity index (χ1n) is 11.6. The molecule has 1 saturated heterocycles. The Balaban J connectivity index is 1.35. The third-order valence-electron chi connectivity index (χ3n) is 6.35. The molecule has 0 saturated carbocycles. The number of nitrogens with zero attached hydrogens (tertiary/aromatic N) is 3. The van der Waals surface area contributed by atoms with Crippen LogP contribution in [0.4, 0.5) is 11.4 Å². The van der Waals surface area contributed by atoms with Gasteiger partial charge in [0.1, 0.15) is 11.4 Å². The van der Waals surface area contributed by atoms with Crippen LogP contribution in [0.2, 0.25) is 0 Å². The van der Waals surface area contributed by atoms with Crippen molar-refractivity contribution in [2.24, 2.45) is 0 Å². The number of ether oxygens (including phenoxy) is 1. The third-order valence-corrected chi connectivity index (χ3v) is 6.35. The number of hydrogen-bond acceptors (Lipinski definition) is 5. The summed E-state index contributed by atoms with van der Waals surface area (Å²) in [7, 11) is 0. The molecule has 2 aliphatic heterocycles. The number of anilines is 2. The van der Waals surface area contributed by atoms with Crippen LogP contribution < -0.4 is 15.0 Å². The van der Waals surface area contributed by atoms with E-state index in [1.54, 1.807) is 46.2 Å². The molecule has 2 aromatic rings. The van der Waals surface area contributed by atoms with Crippen molar-refractivity contribution in [3.8, 4) is 11.8 Å². The second-order valence-corrected chi connectivity index (χ2v) is 8.71. The Hall–Kier alpha value is -3.86. The highest BCUT2D eigenvalue weighted by molar-refractivity contribution is 6.10. The Morgan fingerprint density at radius 2 is 2.00 bits per heavy atom. The van der Waals surface area contributed by atoms with Crippen molar-refractivity contribution in [1.82, 2.24) is 4.90 Å². The smallest absolute Gasteiger partial charge is 0.257 e. The molecule has 2 aromatic carbocycles. The molecule has 8 nitrogen and oxygen atoms in total. The van der Waals surface area contributed by atoms with Crippen LogP contribution in [0, 0.1) is 11.3 Å². The Morgan fingerprint density at radius 3 is 2.82 bits per heavy atom. The molecule has 0 spiro atoms. The fourth-order valence-corrected chi connectivity index (χ4v) is 4.67. The Kier molecular flexibility index (Phi) is 6.82. The molecule has 1 atom stereocenters. The highest BCUT2D eigenvalue weighted by Gasteiger charge is 2.52. The van der Waals surface area contributed by atoms with Crippen molar-refractivity contribution < 1.29 is 19.1 Å². The van der Waals surface area contributed by atoms with Crippen molar-refractivity contribution in [3.63, 3.8) is 0 Å². The summed E-state index contributed by atoms with van der Waals surface area (Å²) in [5.41, 5.74) is 1.11. The molecule has 0 radical (unpaired) electrons. The number of rotatable bonds is 9. The predicted molar refractivity (Wildman–Crippen MR) is 127 cm³/mol. The molecule has 0 bridgehead atoms. The zero-order chi connectivity index (χ0) is 24.1. The average Bonchev–Trinajstić information content (AvgIpc) is 3.14. The minimum absolute atomic E-state index is 0.0138. The maximum Gasteiger partial charge on any atom is 0.257 e. The van der Waals surface area contributed by atoms with Gasteiger partial charge in [0.05, 0.1) is 23.9 Å². The standard InChI is InChI=1S/C26H28N4O4/c1-26-14-13-24(32)30(26)22-11-3-2-10-21(22)25(33)29(26)16-7-12-23(31)28-19-8-6-9-20(18-19)34-17-5-4-15-27/h2-3,6,8-11,18H,4-5,7,12-14,16-17H2,1H3,(H,28,31). The fraction of sp³-hybridized carbons (Fsp3) is 0.385. The minimum Gasteiger partial charge on any atom is -0.493 e. The van der Waals surface area contributed by atoms with Gasteiger partial charge in [-0.25, -0.2) is 0 Å². The van der Waals surface area contributed by atoms with Crippen LogP contribution in [-0.2, 0) is 9.59 Å². The summed E-state index contributed by atoms with van der Waals surface area (Å²) in [6.45, 7) is 2.74. The quantitative estimate of drug-likeness (QED) is 0.568. The molecule has 1 N–H and O–H groups in total. The Bertz CT molecular complexity index is 1140. The number of nitrogens with one attached hydrogen (secondary N) is 1. The number of fused-ring (bicyclic) bond motifs is 3. The molecule has 3 amide bonds. The van der Waals surface area contributed by atoms with E-state index in [0.717, 1.165) is 0 Å². The lowest BCUT2D eigenvalue weighted by Crippen LogP contribution is -2.62. The summed E-state index contributed by atoms with van der Waals surface area (Å²) < 4.78 is 5.61. The number of unbranched alkanes of at least 4 members (excludes halogenated alkanes) is 1. The van der Waals surface area contributed by atoms with Crippen LogP contribution >= 0.6 is 0 Å². The molecule has 2 heterocycles. The van der Waals surface area contributed by atoms with E-state index in [0.29, 0.717) is 67.9 Å². The first kappa shape index (κ1) is 23.3. The summed E-state index contributed by atoms with van der Waals surface area (Å²) in [6, 6.07) is 16.4. The molecule has 0 aliphatic carbocycles. The number of benzene rings is 2. The van der Waals surface area contributed by atoms with Crippen LogP contribution in [0.5, 0.6) is 5.75 Å². The fourth-order valence-electron chi connectivity index (χ4n) is 4.67. The van der Waals surface area contributed by atoms with Gasteiger partial charge in [-0.1, -0.05) is 18.2 Å². The van der Waals surface area contributed by atoms with Crippen LogP contribution in [0.1, 0.15) is 55.8 Å². The minimum atomic E-state index is -0.712. The van der Waals surface area contributed by atoms with Gasteiger partial charge in [0.2, 0.25) is 11.8 Å².